The van der Waals surface area contributed by atoms with Crippen LogP contribution in [0.5, 0.6) is 0 Å². The minimum Gasteiger partial charge on any atom is -0.467 e. The number of carbonyl (C=O) groups excluding carboxylic acids is 2. The van der Waals surface area contributed by atoms with E-state index < -0.39 is 12.0 Å². The average Bonchev–Trinajstić information content (AvgIpc) is 2.85. The Morgan fingerprint density at radius 3 is 2.47 bits per heavy atom. The molecule has 6 nitrogen and oxygen atoms in total. The van der Waals surface area contributed by atoms with Gasteiger partial charge in [-0.2, -0.15) is 12.6 Å². The number of rotatable bonds is 10. The summed E-state index contributed by atoms with van der Waals surface area (Å²) in [6.45, 7) is 4.56. The van der Waals surface area contributed by atoms with Crippen molar-refractivity contribution in [2.75, 3.05) is 24.7 Å². The lowest BCUT2D eigenvalue weighted by molar-refractivity contribution is -0.143. The van der Waals surface area contributed by atoms with Gasteiger partial charge in [0.1, 0.15) is 6.04 Å². The molecule has 0 spiro atoms. The fourth-order valence-corrected chi connectivity index (χ4v) is 4.04. The Kier molecular flexibility index (Phi) is 8.96. The summed E-state index contributed by atoms with van der Waals surface area (Å²) in [5.41, 5.74) is 9.05. The summed E-state index contributed by atoms with van der Waals surface area (Å²) >= 11 is 4.25. The molecule has 2 atom stereocenters. The highest BCUT2D eigenvalue weighted by Gasteiger charge is 2.25. The molecule has 0 heterocycles. The van der Waals surface area contributed by atoms with Gasteiger partial charge in [0.25, 0.3) is 5.91 Å². The van der Waals surface area contributed by atoms with Crippen molar-refractivity contribution in [2.45, 2.75) is 32.4 Å². The normalized spacial score (nSPS) is 12.9. The van der Waals surface area contributed by atoms with Crippen LogP contribution in [0.15, 0.2) is 60.7 Å². The van der Waals surface area contributed by atoms with Gasteiger partial charge in [0.2, 0.25) is 0 Å². The summed E-state index contributed by atoms with van der Waals surface area (Å²) < 4.78 is 4.92. The first-order chi connectivity index (χ1) is 16.3. The molecule has 4 N–H and O–H groups in total. The number of fused-ring (bicyclic) bond motifs is 1. The average molecular weight is 480 g/mol. The zero-order valence-corrected chi connectivity index (χ0v) is 20.8. The zero-order chi connectivity index (χ0) is 24.7. The second-order valence-corrected chi connectivity index (χ2v) is 9.15. The van der Waals surface area contributed by atoms with Crippen LogP contribution < -0.4 is 16.4 Å². The standard InChI is InChI=1S/C27H33N3O3S/c1-17(2)13-25(27(32)33-3)30-26(31)23-12-11-20(29-15-19(28)16-34)14-24(23)22-10-6-8-18-7-4-5-9-21(18)22/h4-12,14,17,19,25,29,34H,13,15-16,28H2,1-3H3,(H,30,31)/t19-,25-/m1/s1. The van der Waals surface area contributed by atoms with E-state index in [1.165, 1.54) is 7.11 Å². The van der Waals surface area contributed by atoms with Crippen LogP contribution in [-0.2, 0) is 9.53 Å². The van der Waals surface area contributed by atoms with Crippen molar-refractivity contribution < 1.29 is 14.3 Å². The number of benzene rings is 3. The lowest BCUT2D eigenvalue weighted by Crippen LogP contribution is -2.42. The van der Waals surface area contributed by atoms with Gasteiger partial charge in [-0.15, -0.1) is 0 Å². The summed E-state index contributed by atoms with van der Waals surface area (Å²) in [5, 5.41) is 8.34. The minimum atomic E-state index is -0.718. The van der Waals surface area contributed by atoms with E-state index in [0.717, 1.165) is 27.6 Å². The molecule has 1 amide bonds. The minimum absolute atomic E-state index is 0.0934. The van der Waals surface area contributed by atoms with Crippen molar-refractivity contribution in [3.63, 3.8) is 0 Å². The Morgan fingerprint density at radius 2 is 1.76 bits per heavy atom. The number of anilines is 1. The number of ether oxygens (including phenoxy) is 1. The molecule has 180 valence electrons. The van der Waals surface area contributed by atoms with E-state index in [-0.39, 0.29) is 17.9 Å². The second kappa shape index (κ2) is 11.9. The third-order valence-electron chi connectivity index (χ3n) is 5.65. The van der Waals surface area contributed by atoms with E-state index in [9.17, 15) is 9.59 Å². The Bertz CT molecular complexity index is 1140. The summed E-state index contributed by atoms with van der Waals surface area (Å²) in [4.78, 5) is 25.8. The first-order valence-electron chi connectivity index (χ1n) is 11.4. The van der Waals surface area contributed by atoms with Gasteiger partial charge < -0.3 is 21.1 Å². The van der Waals surface area contributed by atoms with Crippen molar-refractivity contribution >= 4 is 41.0 Å². The SMILES string of the molecule is COC(=O)[C@@H](CC(C)C)NC(=O)c1ccc(NC[C@@H](N)CS)cc1-c1cccc2ccccc12. The first-order valence-corrected chi connectivity index (χ1v) is 12.1. The maximum atomic E-state index is 13.4. The van der Waals surface area contributed by atoms with E-state index in [2.05, 4.69) is 23.3 Å². The van der Waals surface area contributed by atoms with Gasteiger partial charge in [-0.1, -0.05) is 56.3 Å². The highest BCUT2D eigenvalue weighted by Crippen LogP contribution is 2.33. The summed E-state index contributed by atoms with van der Waals surface area (Å²) in [6.07, 6.45) is 0.489. The van der Waals surface area contributed by atoms with Crippen LogP contribution in [0, 0.1) is 5.92 Å². The third kappa shape index (κ3) is 6.30. The monoisotopic (exact) mass is 479 g/mol. The number of carbonyl (C=O) groups is 2. The van der Waals surface area contributed by atoms with Crippen LogP contribution in [0.25, 0.3) is 21.9 Å². The molecule has 0 saturated heterocycles. The molecule has 7 heteroatoms. The Labute approximate surface area is 206 Å². The lowest BCUT2D eigenvalue weighted by Gasteiger charge is -2.20. The number of thiol groups is 1. The smallest absolute Gasteiger partial charge is 0.328 e. The molecular formula is C27H33N3O3S. The zero-order valence-electron chi connectivity index (χ0n) is 19.9. The van der Waals surface area contributed by atoms with Crippen molar-refractivity contribution in [3.05, 3.63) is 66.2 Å². The molecule has 0 aromatic heterocycles. The van der Waals surface area contributed by atoms with E-state index in [1.54, 1.807) is 6.07 Å². The van der Waals surface area contributed by atoms with Crippen LogP contribution in [0.2, 0.25) is 0 Å². The van der Waals surface area contributed by atoms with E-state index in [0.29, 0.717) is 24.3 Å². The number of esters is 1. The fraction of sp³-hybridized carbons (Fsp3) is 0.333. The van der Waals surface area contributed by atoms with Gasteiger partial charge >= 0.3 is 5.97 Å². The molecule has 0 bridgehead atoms. The number of hydrogen-bond donors (Lipinski definition) is 4. The molecule has 3 aromatic carbocycles. The number of methoxy groups -OCH3 is 1. The van der Waals surface area contributed by atoms with Gasteiger partial charge in [0.05, 0.1) is 7.11 Å². The molecule has 0 aliphatic carbocycles. The Balaban J connectivity index is 2.05. The second-order valence-electron chi connectivity index (χ2n) is 8.79. The molecule has 3 aromatic rings. The molecule has 0 radical (unpaired) electrons. The van der Waals surface area contributed by atoms with E-state index >= 15 is 0 Å². The lowest BCUT2D eigenvalue weighted by atomic mass is 9.93. The maximum Gasteiger partial charge on any atom is 0.328 e. The summed E-state index contributed by atoms with van der Waals surface area (Å²) in [7, 11) is 1.33. The van der Waals surface area contributed by atoms with Gasteiger partial charge in [-0.25, -0.2) is 4.79 Å². The van der Waals surface area contributed by atoms with Crippen LogP contribution in [0.3, 0.4) is 0 Å². The van der Waals surface area contributed by atoms with Crippen molar-refractivity contribution in [3.8, 4) is 11.1 Å². The molecule has 0 unspecified atom stereocenters. The molecule has 0 aliphatic rings. The summed E-state index contributed by atoms with van der Waals surface area (Å²) in [6, 6.07) is 18.9. The third-order valence-corrected chi connectivity index (χ3v) is 6.11. The maximum absolute atomic E-state index is 13.4. The number of amides is 1. The van der Waals surface area contributed by atoms with Crippen LogP contribution >= 0.6 is 12.6 Å². The fourth-order valence-electron chi connectivity index (χ4n) is 3.91. The largest absolute Gasteiger partial charge is 0.467 e. The van der Waals surface area contributed by atoms with Gasteiger partial charge in [-0.05, 0) is 52.4 Å². The van der Waals surface area contributed by atoms with Crippen LogP contribution in [0.1, 0.15) is 30.6 Å². The van der Waals surface area contributed by atoms with Crippen molar-refractivity contribution in [1.82, 2.24) is 5.32 Å². The number of hydrogen-bond acceptors (Lipinski definition) is 6. The van der Waals surface area contributed by atoms with Crippen LogP contribution in [0.4, 0.5) is 5.69 Å². The molecule has 3 rings (SSSR count). The number of nitrogens with one attached hydrogen (secondary N) is 2. The predicted octanol–water partition coefficient (Wildman–Crippen LogP) is 4.49. The molecule has 0 fully saturated rings. The Morgan fingerprint density at radius 1 is 1.03 bits per heavy atom. The molecular weight excluding hydrogens is 446 g/mol. The van der Waals surface area contributed by atoms with Crippen molar-refractivity contribution in [2.24, 2.45) is 11.7 Å². The van der Waals surface area contributed by atoms with Gasteiger partial charge in [-0.3, -0.25) is 4.79 Å². The quantitative estimate of drug-likeness (QED) is 0.254. The van der Waals surface area contributed by atoms with E-state index in [1.807, 2.05) is 68.4 Å². The van der Waals surface area contributed by atoms with Crippen molar-refractivity contribution in [1.29, 1.82) is 0 Å². The number of nitrogens with two attached hydrogens (primary N) is 1. The Hall–Kier alpha value is -3.03. The molecule has 0 saturated carbocycles. The van der Waals surface area contributed by atoms with Crippen LogP contribution in [-0.4, -0.2) is 43.4 Å². The molecule has 0 aliphatic heterocycles. The first kappa shape index (κ1) is 25.6. The highest BCUT2D eigenvalue weighted by molar-refractivity contribution is 7.80. The summed E-state index contributed by atoms with van der Waals surface area (Å²) in [5.74, 6) is 0.00368. The topological polar surface area (TPSA) is 93.4 Å². The molecule has 34 heavy (non-hydrogen) atoms. The highest BCUT2D eigenvalue weighted by atomic mass is 32.1. The van der Waals surface area contributed by atoms with Gasteiger partial charge in [0, 0.05) is 29.6 Å². The van der Waals surface area contributed by atoms with E-state index in [4.69, 9.17) is 10.5 Å². The van der Waals surface area contributed by atoms with Gasteiger partial charge in [0.15, 0.2) is 0 Å². The predicted molar refractivity (Wildman–Crippen MR) is 142 cm³/mol.